The average Bonchev–Trinajstić information content (AvgIpc) is 2.86. The molecule has 1 aromatic heterocycles. The molecule has 0 fully saturated rings. The van der Waals surface area contributed by atoms with E-state index in [1.807, 2.05) is 17.7 Å². The van der Waals surface area contributed by atoms with Crippen molar-refractivity contribution >= 4 is 11.8 Å². The summed E-state index contributed by atoms with van der Waals surface area (Å²) in [7, 11) is 0. The fourth-order valence-electron chi connectivity index (χ4n) is 1.69. The monoisotopic (exact) mass is 266 g/mol. The molecule has 0 saturated heterocycles. The second kappa shape index (κ2) is 6.02. The molecular formula is C13H15FN2OS. The lowest BCUT2D eigenvalue weighted by atomic mass is 10.3. The van der Waals surface area contributed by atoms with Gasteiger partial charge in [-0.3, -0.25) is 0 Å². The van der Waals surface area contributed by atoms with Gasteiger partial charge in [0.25, 0.3) is 0 Å². The summed E-state index contributed by atoms with van der Waals surface area (Å²) in [5.41, 5.74) is 0. The molecule has 96 valence electrons. The van der Waals surface area contributed by atoms with E-state index in [0.717, 1.165) is 6.54 Å². The second-order valence-electron chi connectivity index (χ2n) is 3.83. The van der Waals surface area contributed by atoms with Gasteiger partial charge in [0.2, 0.25) is 0 Å². The van der Waals surface area contributed by atoms with Crippen molar-refractivity contribution in [1.29, 1.82) is 0 Å². The largest absolute Gasteiger partial charge is 0.384 e. The standard InChI is InChI=1S/C13H15FN2OS/c1-2-16-8-7-15-13(16)11(17)9-18-12-6-4-3-5-10(12)14/h3-8,11,17H,2,9H2,1H3. The highest BCUT2D eigenvalue weighted by Crippen LogP contribution is 2.26. The van der Waals surface area contributed by atoms with Crippen molar-refractivity contribution < 1.29 is 9.50 Å². The molecule has 1 atom stereocenters. The van der Waals surface area contributed by atoms with Crippen LogP contribution in [0.15, 0.2) is 41.6 Å². The van der Waals surface area contributed by atoms with Gasteiger partial charge >= 0.3 is 0 Å². The quantitative estimate of drug-likeness (QED) is 0.846. The van der Waals surface area contributed by atoms with Crippen LogP contribution in [0.4, 0.5) is 4.39 Å². The molecular weight excluding hydrogens is 251 g/mol. The molecule has 2 rings (SSSR count). The Morgan fingerprint density at radius 1 is 1.44 bits per heavy atom. The first-order chi connectivity index (χ1) is 8.72. The molecule has 0 radical (unpaired) electrons. The van der Waals surface area contributed by atoms with Crippen LogP contribution in [0.2, 0.25) is 0 Å². The Kier molecular flexibility index (Phi) is 4.38. The van der Waals surface area contributed by atoms with Crippen LogP contribution in [0.25, 0.3) is 0 Å². The van der Waals surface area contributed by atoms with Crippen LogP contribution >= 0.6 is 11.8 Å². The predicted octanol–water partition coefficient (Wildman–Crippen LogP) is 2.87. The Balaban J connectivity index is 2.01. The van der Waals surface area contributed by atoms with Gasteiger partial charge in [0, 0.05) is 29.6 Å². The van der Waals surface area contributed by atoms with Crippen LogP contribution in [0.1, 0.15) is 18.9 Å². The predicted molar refractivity (Wildman–Crippen MR) is 70.0 cm³/mol. The summed E-state index contributed by atoms with van der Waals surface area (Å²) in [5, 5.41) is 10.0. The number of aliphatic hydroxyl groups excluding tert-OH is 1. The van der Waals surface area contributed by atoms with Crippen molar-refractivity contribution in [3.8, 4) is 0 Å². The van der Waals surface area contributed by atoms with E-state index in [9.17, 15) is 9.50 Å². The number of nitrogens with zero attached hydrogens (tertiary/aromatic N) is 2. The molecule has 0 saturated carbocycles. The molecule has 1 N–H and O–H groups in total. The van der Waals surface area contributed by atoms with Crippen molar-refractivity contribution in [2.75, 3.05) is 5.75 Å². The van der Waals surface area contributed by atoms with Crippen LogP contribution in [-0.2, 0) is 6.54 Å². The van der Waals surface area contributed by atoms with Gasteiger partial charge in [-0.2, -0.15) is 0 Å². The van der Waals surface area contributed by atoms with Gasteiger partial charge in [-0.05, 0) is 19.1 Å². The third-order valence-corrected chi connectivity index (χ3v) is 3.74. The van der Waals surface area contributed by atoms with Gasteiger partial charge < -0.3 is 9.67 Å². The lowest BCUT2D eigenvalue weighted by Gasteiger charge is -2.11. The third-order valence-electron chi connectivity index (χ3n) is 2.62. The summed E-state index contributed by atoms with van der Waals surface area (Å²) in [6.45, 7) is 2.75. The first-order valence-electron chi connectivity index (χ1n) is 5.78. The molecule has 0 aliphatic heterocycles. The van der Waals surface area contributed by atoms with Crippen molar-refractivity contribution in [2.45, 2.75) is 24.5 Å². The van der Waals surface area contributed by atoms with Crippen LogP contribution in [0.3, 0.4) is 0 Å². The van der Waals surface area contributed by atoms with E-state index in [-0.39, 0.29) is 5.82 Å². The van der Waals surface area contributed by atoms with Crippen molar-refractivity contribution in [1.82, 2.24) is 9.55 Å². The maximum Gasteiger partial charge on any atom is 0.138 e. The van der Waals surface area contributed by atoms with Gasteiger partial charge in [-0.15, -0.1) is 11.8 Å². The minimum atomic E-state index is -0.690. The van der Waals surface area contributed by atoms with Crippen LogP contribution in [-0.4, -0.2) is 20.4 Å². The van der Waals surface area contributed by atoms with Crippen molar-refractivity contribution in [3.63, 3.8) is 0 Å². The zero-order valence-corrected chi connectivity index (χ0v) is 10.9. The highest BCUT2D eigenvalue weighted by Gasteiger charge is 2.14. The maximum atomic E-state index is 13.4. The SMILES string of the molecule is CCn1ccnc1C(O)CSc1ccccc1F. The molecule has 0 bridgehead atoms. The fraction of sp³-hybridized carbons (Fsp3) is 0.308. The summed E-state index contributed by atoms with van der Waals surface area (Å²) >= 11 is 1.29. The van der Waals surface area contributed by atoms with E-state index in [1.54, 1.807) is 24.4 Å². The number of thioether (sulfide) groups is 1. The van der Waals surface area contributed by atoms with Gasteiger partial charge in [0.15, 0.2) is 0 Å². The van der Waals surface area contributed by atoms with E-state index in [1.165, 1.54) is 17.8 Å². The normalized spacial score (nSPS) is 12.6. The number of benzene rings is 1. The Labute approximate surface area is 110 Å². The van der Waals surface area contributed by atoms with Crippen LogP contribution in [0, 0.1) is 5.82 Å². The number of rotatable bonds is 5. The molecule has 0 spiro atoms. The van der Waals surface area contributed by atoms with Gasteiger partial charge in [0.05, 0.1) is 0 Å². The fourth-order valence-corrected chi connectivity index (χ4v) is 2.56. The van der Waals surface area contributed by atoms with Gasteiger partial charge in [-0.25, -0.2) is 9.37 Å². The summed E-state index contributed by atoms with van der Waals surface area (Å²) in [6.07, 6.45) is 2.80. The first-order valence-corrected chi connectivity index (χ1v) is 6.77. The topological polar surface area (TPSA) is 38.0 Å². The van der Waals surface area contributed by atoms with E-state index in [2.05, 4.69) is 4.98 Å². The minimum Gasteiger partial charge on any atom is -0.384 e. The average molecular weight is 266 g/mol. The first kappa shape index (κ1) is 13.1. The second-order valence-corrected chi connectivity index (χ2v) is 4.89. The molecule has 0 amide bonds. The van der Waals surface area contributed by atoms with Gasteiger partial charge in [-0.1, -0.05) is 12.1 Å². The number of hydrogen-bond donors (Lipinski definition) is 1. The highest BCUT2D eigenvalue weighted by atomic mass is 32.2. The molecule has 3 nitrogen and oxygen atoms in total. The summed E-state index contributed by atoms with van der Waals surface area (Å²) < 4.78 is 15.3. The smallest absolute Gasteiger partial charge is 0.138 e. The molecule has 5 heteroatoms. The van der Waals surface area contributed by atoms with Gasteiger partial charge in [0.1, 0.15) is 17.7 Å². The lowest BCUT2D eigenvalue weighted by Crippen LogP contribution is -2.09. The minimum absolute atomic E-state index is 0.256. The summed E-state index contributed by atoms with van der Waals surface area (Å²) in [4.78, 5) is 4.67. The zero-order chi connectivity index (χ0) is 13.0. The molecule has 2 aromatic rings. The number of aromatic nitrogens is 2. The van der Waals surface area contributed by atoms with Crippen molar-refractivity contribution in [2.24, 2.45) is 0 Å². The summed E-state index contributed by atoms with van der Waals surface area (Å²) in [5.74, 6) is 0.757. The lowest BCUT2D eigenvalue weighted by molar-refractivity contribution is 0.189. The molecule has 0 aliphatic carbocycles. The molecule has 1 heterocycles. The molecule has 18 heavy (non-hydrogen) atoms. The Morgan fingerprint density at radius 3 is 2.94 bits per heavy atom. The summed E-state index contributed by atoms with van der Waals surface area (Å²) in [6, 6.07) is 6.56. The molecule has 1 aromatic carbocycles. The van der Waals surface area contributed by atoms with E-state index in [4.69, 9.17) is 0 Å². The van der Waals surface area contributed by atoms with Crippen molar-refractivity contribution in [3.05, 3.63) is 48.3 Å². The Bertz CT molecular complexity index is 515. The Hall–Kier alpha value is -1.33. The van der Waals surface area contributed by atoms with Crippen LogP contribution < -0.4 is 0 Å². The van der Waals surface area contributed by atoms with Crippen LogP contribution in [0.5, 0.6) is 0 Å². The third kappa shape index (κ3) is 2.91. The number of imidazole rings is 1. The number of hydrogen-bond acceptors (Lipinski definition) is 3. The van der Waals surface area contributed by atoms with E-state index >= 15 is 0 Å². The number of aryl methyl sites for hydroxylation is 1. The van der Waals surface area contributed by atoms with E-state index in [0.29, 0.717) is 16.5 Å². The zero-order valence-electron chi connectivity index (χ0n) is 10.1. The molecule has 0 aliphatic rings. The highest BCUT2D eigenvalue weighted by molar-refractivity contribution is 7.99. The maximum absolute atomic E-state index is 13.4. The Morgan fingerprint density at radius 2 is 2.22 bits per heavy atom. The number of aliphatic hydroxyl groups is 1. The number of halogens is 1. The molecule has 1 unspecified atom stereocenters. The van der Waals surface area contributed by atoms with E-state index < -0.39 is 6.10 Å².